The highest BCUT2D eigenvalue weighted by atomic mass is 19.4. The normalized spacial score (nSPS) is 23.0. The van der Waals surface area contributed by atoms with Crippen molar-refractivity contribution in [2.45, 2.75) is 38.8 Å². The van der Waals surface area contributed by atoms with Crippen LogP contribution in [0.15, 0.2) is 12.3 Å². The van der Waals surface area contributed by atoms with Crippen molar-refractivity contribution >= 4 is 5.91 Å². The van der Waals surface area contributed by atoms with Crippen LogP contribution in [0.3, 0.4) is 0 Å². The standard InChI is InChI=1S/C14H21F3N4O2/c1-10-7-20(8-11(2)23-10)6-4-18-13(22)9-21-5-3-12(19-21)14(15,16)17/h3,5,10-11H,4,6-9H2,1-2H3,(H,18,22)/t10-,11+. The third kappa shape index (κ3) is 5.51. The van der Waals surface area contributed by atoms with E-state index in [-0.39, 0.29) is 24.7 Å². The molecular formula is C14H21F3N4O2. The van der Waals surface area contributed by atoms with Crippen LogP contribution >= 0.6 is 0 Å². The second kappa shape index (κ2) is 7.31. The van der Waals surface area contributed by atoms with Gasteiger partial charge in [0, 0.05) is 32.4 Å². The number of rotatable bonds is 5. The Morgan fingerprint density at radius 3 is 2.61 bits per heavy atom. The highest BCUT2D eigenvalue weighted by Crippen LogP contribution is 2.27. The van der Waals surface area contributed by atoms with Crippen LogP contribution < -0.4 is 5.32 Å². The summed E-state index contributed by atoms with van der Waals surface area (Å²) in [6.45, 7) is 6.48. The molecule has 9 heteroatoms. The van der Waals surface area contributed by atoms with Gasteiger partial charge in [0.2, 0.25) is 5.91 Å². The SMILES string of the molecule is C[C@@H]1CN(CCNC(=O)Cn2ccc(C(F)(F)F)n2)C[C@H](C)O1. The molecule has 1 fully saturated rings. The minimum Gasteiger partial charge on any atom is -0.373 e. The highest BCUT2D eigenvalue weighted by Gasteiger charge is 2.33. The van der Waals surface area contributed by atoms with Crippen molar-refractivity contribution in [3.8, 4) is 0 Å². The van der Waals surface area contributed by atoms with E-state index in [0.717, 1.165) is 30.0 Å². The molecule has 0 aromatic carbocycles. The summed E-state index contributed by atoms with van der Waals surface area (Å²) in [6, 6.07) is 0.851. The van der Waals surface area contributed by atoms with E-state index in [1.165, 1.54) is 0 Å². The monoisotopic (exact) mass is 334 g/mol. The minimum absolute atomic E-state index is 0.152. The number of ether oxygens (including phenoxy) is 1. The summed E-state index contributed by atoms with van der Waals surface area (Å²) in [6.07, 6.45) is -3.04. The first kappa shape index (κ1) is 17.7. The Bertz CT molecular complexity index is 522. The van der Waals surface area contributed by atoms with Crippen molar-refractivity contribution in [2.75, 3.05) is 26.2 Å². The Hall–Kier alpha value is -1.61. The molecule has 0 saturated carbocycles. The summed E-state index contributed by atoms with van der Waals surface area (Å²) in [4.78, 5) is 13.9. The van der Waals surface area contributed by atoms with Gasteiger partial charge in [0.15, 0.2) is 5.69 Å². The van der Waals surface area contributed by atoms with Crippen LogP contribution in [0.1, 0.15) is 19.5 Å². The number of morpholine rings is 1. The van der Waals surface area contributed by atoms with Crippen LogP contribution in [-0.4, -0.2) is 59.0 Å². The quantitative estimate of drug-likeness (QED) is 0.877. The van der Waals surface area contributed by atoms with Crippen molar-refractivity contribution in [1.29, 1.82) is 0 Å². The second-order valence-electron chi connectivity index (χ2n) is 5.76. The number of nitrogens with one attached hydrogen (secondary N) is 1. The molecule has 1 aliphatic rings. The number of nitrogens with zero attached hydrogens (tertiary/aromatic N) is 3. The molecule has 1 saturated heterocycles. The van der Waals surface area contributed by atoms with E-state index in [4.69, 9.17) is 4.74 Å². The number of carbonyl (C=O) groups is 1. The molecule has 130 valence electrons. The predicted molar refractivity (Wildman–Crippen MR) is 76.7 cm³/mol. The number of hydrogen-bond donors (Lipinski definition) is 1. The molecule has 2 rings (SSSR count). The number of aromatic nitrogens is 2. The molecule has 0 bridgehead atoms. The summed E-state index contributed by atoms with van der Waals surface area (Å²) in [5, 5.41) is 6.04. The minimum atomic E-state index is -4.49. The lowest BCUT2D eigenvalue weighted by molar-refractivity contribution is -0.141. The lowest BCUT2D eigenvalue weighted by Gasteiger charge is -2.35. The Labute approximate surface area is 132 Å². The third-order valence-corrected chi connectivity index (χ3v) is 3.48. The van der Waals surface area contributed by atoms with Gasteiger partial charge in [-0.25, -0.2) is 0 Å². The first-order chi connectivity index (χ1) is 10.7. The van der Waals surface area contributed by atoms with Crippen LogP contribution in [0, 0.1) is 0 Å². The Morgan fingerprint density at radius 1 is 1.39 bits per heavy atom. The Balaban J connectivity index is 1.72. The first-order valence-electron chi connectivity index (χ1n) is 7.49. The summed E-state index contributed by atoms with van der Waals surface area (Å²) < 4.78 is 43.9. The van der Waals surface area contributed by atoms with Gasteiger partial charge in [-0.15, -0.1) is 0 Å². The number of halogens is 3. The third-order valence-electron chi connectivity index (χ3n) is 3.48. The summed E-state index contributed by atoms with van der Waals surface area (Å²) in [5.41, 5.74) is -0.999. The van der Waals surface area contributed by atoms with Crippen LogP contribution in [-0.2, 0) is 22.3 Å². The fourth-order valence-electron chi connectivity index (χ4n) is 2.62. The van der Waals surface area contributed by atoms with Gasteiger partial charge in [-0.3, -0.25) is 14.4 Å². The number of amides is 1. The van der Waals surface area contributed by atoms with Gasteiger partial charge < -0.3 is 10.1 Å². The molecule has 6 nitrogen and oxygen atoms in total. The largest absolute Gasteiger partial charge is 0.435 e. The van der Waals surface area contributed by atoms with Crippen molar-refractivity contribution < 1.29 is 22.7 Å². The van der Waals surface area contributed by atoms with E-state index in [0.29, 0.717) is 13.1 Å². The lowest BCUT2D eigenvalue weighted by atomic mass is 10.2. The molecule has 1 amide bonds. The van der Waals surface area contributed by atoms with Gasteiger partial charge in [-0.2, -0.15) is 18.3 Å². The maximum absolute atomic E-state index is 12.4. The zero-order valence-corrected chi connectivity index (χ0v) is 13.1. The van der Waals surface area contributed by atoms with E-state index in [2.05, 4.69) is 15.3 Å². The average molecular weight is 334 g/mol. The molecular weight excluding hydrogens is 313 g/mol. The van der Waals surface area contributed by atoms with Gasteiger partial charge >= 0.3 is 6.18 Å². The molecule has 0 radical (unpaired) electrons. The maximum atomic E-state index is 12.4. The Kier molecular flexibility index (Phi) is 5.64. The van der Waals surface area contributed by atoms with Gasteiger partial charge in [0.1, 0.15) is 6.54 Å². The molecule has 1 aliphatic heterocycles. The smallest absolute Gasteiger partial charge is 0.373 e. The van der Waals surface area contributed by atoms with Crippen molar-refractivity contribution in [1.82, 2.24) is 20.0 Å². The lowest BCUT2D eigenvalue weighted by Crippen LogP contribution is -2.48. The van der Waals surface area contributed by atoms with Gasteiger partial charge in [0.05, 0.1) is 12.2 Å². The zero-order chi connectivity index (χ0) is 17.0. The number of hydrogen-bond acceptors (Lipinski definition) is 4. The Morgan fingerprint density at radius 2 is 2.04 bits per heavy atom. The zero-order valence-electron chi connectivity index (χ0n) is 13.1. The van der Waals surface area contributed by atoms with Crippen LogP contribution in [0.4, 0.5) is 13.2 Å². The van der Waals surface area contributed by atoms with E-state index in [9.17, 15) is 18.0 Å². The van der Waals surface area contributed by atoms with Gasteiger partial charge in [0.25, 0.3) is 0 Å². The number of alkyl halides is 3. The summed E-state index contributed by atoms with van der Waals surface area (Å²) in [5.74, 6) is -0.365. The van der Waals surface area contributed by atoms with E-state index >= 15 is 0 Å². The molecule has 1 N–H and O–H groups in total. The van der Waals surface area contributed by atoms with Gasteiger partial charge in [-0.1, -0.05) is 0 Å². The average Bonchev–Trinajstić information content (AvgIpc) is 2.85. The molecule has 1 aromatic rings. The van der Waals surface area contributed by atoms with Gasteiger partial charge in [-0.05, 0) is 19.9 Å². The molecule has 2 heterocycles. The van der Waals surface area contributed by atoms with Crippen LogP contribution in [0.5, 0.6) is 0 Å². The van der Waals surface area contributed by atoms with Crippen LogP contribution in [0.2, 0.25) is 0 Å². The fourth-order valence-corrected chi connectivity index (χ4v) is 2.62. The van der Waals surface area contributed by atoms with Crippen molar-refractivity contribution in [3.05, 3.63) is 18.0 Å². The summed E-state index contributed by atoms with van der Waals surface area (Å²) in [7, 11) is 0. The summed E-state index contributed by atoms with van der Waals surface area (Å²) >= 11 is 0. The highest BCUT2D eigenvalue weighted by molar-refractivity contribution is 5.75. The molecule has 0 unspecified atom stereocenters. The van der Waals surface area contributed by atoms with Crippen molar-refractivity contribution in [2.24, 2.45) is 0 Å². The fraction of sp³-hybridized carbons (Fsp3) is 0.714. The predicted octanol–water partition coefficient (Wildman–Crippen LogP) is 1.13. The number of carbonyl (C=O) groups excluding carboxylic acids is 1. The van der Waals surface area contributed by atoms with Crippen LogP contribution in [0.25, 0.3) is 0 Å². The molecule has 1 aromatic heterocycles. The second-order valence-corrected chi connectivity index (χ2v) is 5.76. The van der Waals surface area contributed by atoms with Crippen molar-refractivity contribution in [3.63, 3.8) is 0 Å². The molecule has 0 aliphatic carbocycles. The molecule has 23 heavy (non-hydrogen) atoms. The topological polar surface area (TPSA) is 59.4 Å². The first-order valence-corrected chi connectivity index (χ1v) is 7.49. The maximum Gasteiger partial charge on any atom is 0.435 e. The molecule has 0 spiro atoms. The van der Waals surface area contributed by atoms with E-state index in [1.807, 2.05) is 13.8 Å². The van der Waals surface area contributed by atoms with E-state index in [1.54, 1.807) is 0 Å². The van der Waals surface area contributed by atoms with E-state index < -0.39 is 11.9 Å². The molecule has 2 atom stereocenters.